The third-order valence-corrected chi connectivity index (χ3v) is 3.27. The van der Waals surface area contributed by atoms with Crippen LogP contribution in [0.4, 0.5) is 5.69 Å². The number of nitrogens with zero attached hydrogens (tertiary/aromatic N) is 1. The summed E-state index contributed by atoms with van der Waals surface area (Å²) in [5.74, 6) is 0.279. The van der Waals surface area contributed by atoms with Crippen LogP contribution in [-0.2, 0) is 4.79 Å². The molecule has 2 aromatic rings. The minimum absolute atomic E-state index is 0.0687. The van der Waals surface area contributed by atoms with E-state index in [1.165, 1.54) is 11.3 Å². The second-order valence-corrected chi connectivity index (χ2v) is 4.69. The van der Waals surface area contributed by atoms with Gasteiger partial charge in [-0.05, 0) is 52.7 Å². The molecule has 4 nitrogen and oxygen atoms in total. The van der Waals surface area contributed by atoms with Gasteiger partial charge in [0.25, 0.3) is 5.91 Å². The van der Waals surface area contributed by atoms with Crippen molar-refractivity contribution in [3.8, 4) is 11.8 Å². The van der Waals surface area contributed by atoms with Crippen molar-refractivity contribution < 1.29 is 9.53 Å². The quantitative estimate of drug-likeness (QED) is 0.692. The number of carbonyl (C=O) groups excluding carboxylic acids is 1. The number of ether oxygens (including phenoxy) is 1. The smallest absolute Gasteiger partial charge is 0.266 e. The van der Waals surface area contributed by atoms with Crippen molar-refractivity contribution in [3.05, 3.63) is 52.2 Å². The number of nitrogens with one attached hydrogen (secondary N) is 1. The molecule has 1 aromatic heterocycles. The van der Waals surface area contributed by atoms with E-state index in [1.54, 1.807) is 37.5 Å². The van der Waals surface area contributed by atoms with Gasteiger partial charge in [-0.25, -0.2) is 0 Å². The number of benzene rings is 1. The van der Waals surface area contributed by atoms with Gasteiger partial charge in [0.2, 0.25) is 0 Å². The topological polar surface area (TPSA) is 62.1 Å². The Morgan fingerprint density at radius 1 is 1.35 bits per heavy atom. The van der Waals surface area contributed by atoms with E-state index >= 15 is 0 Å². The zero-order valence-corrected chi connectivity index (χ0v) is 11.6. The monoisotopic (exact) mass is 284 g/mol. The molecule has 2 rings (SSSR count). The Bertz CT molecular complexity index is 652. The van der Waals surface area contributed by atoms with Gasteiger partial charge in [-0.3, -0.25) is 4.79 Å². The van der Waals surface area contributed by atoms with Gasteiger partial charge in [-0.2, -0.15) is 16.6 Å². The Morgan fingerprint density at radius 2 is 2.10 bits per heavy atom. The molecule has 0 radical (unpaired) electrons. The molecule has 0 fully saturated rings. The highest BCUT2D eigenvalue weighted by Gasteiger charge is 2.09. The molecule has 0 aliphatic carbocycles. The molecule has 100 valence electrons. The molecule has 0 spiro atoms. The van der Waals surface area contributed by atoms with Crippen molar-refractivity contribution in [1.29, 1.82) is 5.26 Å². The Hall–Kier alpha value is -2.58. The van der Waals surface area contributed by atoms with E-state index in [4.69, 9.17) is 10.00 Å². The average Bonchev–Trinajstić information content (AvgIpc) is 2.98. The van der Waals surface area contributed by atoms with E-state index in [-0.39, 0.29) is 5.57 Å². The zero-order valence-electron chi connectivity index (χ0n) is 10.8. The number of amides is 1. The Kier molecular flexibility index (Phi) is 4.53. The van der Waals surface area contributed by atoms with Gasteiger partial charge in [-0.15, -0.1) is 0 Å². The fraction of sp³-hybridized carbons (Fsp3) is 0.0667. The highest BCUT2D eigenvalue weighted by Crippen LogP contribution is 2.16. The molecule has 0 saturated carbocycles. The maximum atomic E-state index is 12.0. The maximum Gasteiger partial charge on any atom is 0.266 e. The number of carbonyl (C=O) groups is 1. The Morgan fingerprint density at radius 3 is 2.65 bits per heavy atom. The molecule has 1 heterocycles. The lowest BCUT2D eigenvalue weighted by molar-refractivity contribution is -0.112. The molecular formula is C15H12N2O2S. The van der Waals surface area contributed by atoms with Gasteiger partial charge in [0.1, 0.15) is 17.4 Å². The predicted octanol–water partition coefficient (Wildman–Crippen LogP) is 3.30. The average molecular weight is 284 g/mol. The third kappa shape index (κ3) is 3.46. The minimum Gasteiger partial charge on any atom is -0.497 e. The number of thiophene rings is 1. The fourth-order valence-electron chi connectivity index (χ4n) is 1.55. The summed E-state index contributed by atoms with van der Waals surface area (Å²) in [5, 5.41) is 15.5. The molecule has 1 amide bonds. The molecule has 0 bridgehead atoms. The van der Waals surface area contributed by atoms with Gasteiger partial charge in [0.05, 0.1) is 7.11 Å². The van der Waals surface area contributed by atoms with E-state index in [0.29, 0.717) is 11.4 Å². The third-order valence-electron chi connectivity index (χ3n) is 2.57. The molecule has 5 heteroatoms. The Labute approximate surface area is 120 Å². The molecule has 0 aliphatic heterocycles. The predicted molar refractivity (Wildman–Crippen MR) is 79.5 cm³/mol. The van der Waals surface area contributed by atoms with Gasteiger partial charge in [0.15, 0.2) is 0 Å². The second-order valence-electron chi connectivity index (χ2n) is 3.91. The summed E-state index contributed by atoms with van der Waals surface area (Å²) < 4.78 is 5.04. The van der Waals surface area contributed by atoms with Crippen LogP contribution in [0.5, 0.6) is 5.75 Å². The first-order valence-corrected chi connectivity index (χ1v) is 6.76. The lowest BCUT2D eigenvalue weighted by Crippen LogP contribution is -2.13. The van der Waals surface area contributed by atoms with E-state index in [1.807, 2.05) is 22.9 Å². The molecule has 0 aliphatic rings. The number of hydrogen-bond acceptors (Lipinski definition) is 4. The van der Waals surface area contributed by atoms with Crippen LogP contribution >= 0.6 is 11.3 Å². The number of methoxy groups -OCH3 is 1. The van der Waals surface area contributed by atoms with Crippen LogP contribution in [0.2, 0.25) is 0 Å². The summed E-state index contributed by atoms with van der Waals surface area (Å²) in [6, 6.07) is 10.7. The summed E-state index contributed by atoms with van der Waals surface area (Å²) in [7, 11) is 1.57. The van der Waals surface area contributed by atoms with Crippen molar-refractivity contribution >= 4 is 29.0 Å². The normalized spacial score (nSPS) is 10.7. The first-order valence-electron chi connectivity index (χ1n) is 5.82. The molecule has 0 unspecified atom stereocenters. The molecular weight excluding hydrogens is 272 g/mol. The molecule has 1 N–H and O–H groups in total. The first-order chi connectivity index (χ1) is 9.72. The van der Waals surface area contributed by atoms with E-state index in [9.17, 15) is 4.79 Å². The van der Waals surface area contributed by atoms with Crippen LogP contribution in [0.1, 0.15) is 5.56 Å². The number of nitriles is 1. The number of anilines is 1. The second kappa shape index (κ2) is 6.55. The Balaban J connectivity index is 2.11. The summed E-state index contributed by atoms with van der Waals surface area (Å²) in [6.45, 7) is 0. The lowest BCUT2D eigenvalue weighted by atomic mass is 10.2. The SMILES string of the molecule is COc1ccc(NC(=O)/C(C#N)=C/c2ccsc2)cc1. The van der Waals surface area contributed by atoms with Crippen LogP contribution in [0.25, 0.3) is 6.08 Å². The van der Waals surface area contributed by atoms with Crippen molar-refractivity contribution in [2.45, 2.75) is 0 Å². The van der Waals surface area contributed by atoms with Crippen molar-refractivity contribution in [2.75, 3.05) is 12.4 Å². The van der Waals surface area contributed by atoms with Gasteiger partial charge < -0.3 is 10.1 Å². The largest absolute Gasteiger partial charge is 0.497 e. The summed E-state index contributed by atoms with van der Waals surface area (Å²) in [4.78, 5) is 12.0. The van der Waals surface area contributed by atoms with Gasteiger partial charge in [-0.1, -0.05) is 0 Å². The van der Waals surface area contributed by atoms with E-state index in [2.05, 4.69) is 5.32 Å². The van der Waals surface area contributed by atoms with Crippen LogP contribution in [0, 0.1) is 11.3 Å². The van der Waals surface area contributed by atoms with E-state index in [0.717, 1.165) is 5.56 Å². The molecule has 1 aromatic carbocycles. The number of rotatable bonds is 4. The van der Waals surface area contributed by atoms with Crippen molar-refractivity contribution in [2.24, 2.45) is 0 Å². The number of hydrogen-bond donors (Lipinski definition) is 1. The summed E-state index contributed by atoms with van der Waals surface area (Å²) >= 11 is 1.51. The summed E-state index contributed by atoms with van der Waals surface area (Å²) in [5.41, 5.74) is 1.53. The fourth-order valence-corrected chi connectivity index (χ4v) is 2.16. The minimum atomic E-state index is -0.427. The highest BCUT2D eigenvalue weighted by atomic mass is 32.1. The lowest BCUT2D eigenvalue weighted by Gasteiger charge is -2.05. The zero-order chi connectivity index (χ0) is 14.4. The van der Waals surface area contributed by atoms with Crippen LogP contribution < -0.4 is 10.1 Å². The van der Waals surface area contributed by atoms with Gasteiger partial charge in [0, 0.05) is 5.69 Å². The van der Waals surface area contributed by atoms with Crippen LogP contribution in [0.15, 0.2) is 46.7 Å². The first kappa shape index (κ1) is 13.8. The van der Waals surface area contributed by atoms with Crippen LogP contribution in [-0.4, -0.2) is 13.0 Å². The summed E-state index contributed by atoms with van der Waals surface area (Å²) in [6.07, 6.45) is 1.56. The standard InChI is InChI=1S/C15H12N2O2S/c1-19-14-4-2-13(3-5-14)17-15(18)12(9-16)8-11-6-7-20-10-11/h2-8,10H,1H3,(H,17,18)/b12-8+. The highest BCUT2D eigenvalue weighted by molar-refractivity contribution is 7.08. The van der Waals surface area contributed by atoms with E-state index < -0.39 is 5.91 Å². The maximum absolute atomic E-state index is 12.0. The van der Waals surface area contributed by atoms with Crippen LogP contribution in [0.3, 0.4) is 0 Å². The molecule has 20 heavy (non-hydrogen) atoms. The van der Waals surface area contributed by atoms with Crippen molar-refractivity contribution in [3.63, 3.8) is 0 Å². The van der Waals surface area contributed by atoms with Gasteiger partial charge >= 0.3 is 0 Å². The molecule has 0 atom stereocenters. The molecule has 0 saturated heterocycles. The van der Waals surface area contributed by atoms with Crippen molar-refractivity contribution in [1.82, 2.24) is 0 Å².